The number of benzene rings is 2. The summed E-state index contributed by atoms with van der Waals surface area (Å²) in [7, 11) is 0. The van der Waals surface area contributed by atoms with Crippen molar-refractivity contribution in [2.75, 3.05) is 22.9 Å². The lowest BCUT2D eigenvalue weighted by atomic mass is 10.1. The van der Waals surface area contributed by atoms with Crippen LogP contribution in [0.2, 0.25) is 10.0 Å². The number of hydrogen-bond acceptors (Lipinski definition) is 3. The van der Waals surface area contributed by atoms with E-state index in [1.54, 1.807) is 13.0 Å². The summed E-state index contributed by atoms with van der Waals surface area (Å²) in [5.41, 5.74) is 0.527. The topological polar surface area (TPSA) is 69.7 Å². The zero-order chi connectivity index (χ0) is 24.3. The first-order valence-corrected chi connectivity index (χ1v) is 10.8. The van der Waals surface area contributed by atoms with Gasteiger partial charge in [-0.25, -0.2) is 0 Å². The predicted octanol–water partition coefficient (Wildman–Crippen LogP) is 4.37. The first kappa shape index (κ1) is 24.9. The molecule has 0 radical (unpaired) electrons. The van der Waals surface area contributed by atoms with Gasteiger partial charge in [-0.1, -0.05) is 42.3 Å². The summed E-state index contributed by atoms with van der Waals surface area (Å²) in [5, 5.41) is 2.88. The number of halogens is 5. The Morgan fingerprint density at radius 3 is 2.09 bits per heavy atom. The van der Waals surface area contributed by atoms with Crippen LogP contribution in [0.25, 0.3) is 0 Å². The number of nitrogens with one attached hydrogen (secondary N) is 1. The number of rotatable bonds is 6. The Bertz CT molecular complexity index is 1060. The van der Waals surface area contributed by atoms with Gasteiger partial charge in [0.15, 0.2) is 6.04 Å². The number of hydrogen-bond donors (Lipinski definition) is 1. The molecule has 3 rings (SSSR count). The Kier molecular flexibility index (Phi) is 7.54. The van der Waals surface area contributed by atoms with E-state index in [4.69, 9.17) is 23.2 Å². The second-order valence-electron chi connectivity index (χ2n) is 7.47. The maximum atomic E-state index is 13.3. The first-order valence-electron chi connectivity index (χ1n) is 10.0. The standard InChI is InChI=1S/C22H20Cl2F3N3O3/c1-2-7-29-16-5-3-4-6-17(16)30(12-22(25,26)27)21(33)19(20(29)32)28-18(31)10-13-8-14(23)11-15(24)9-13/h3-6,8-9,11,19H,2,7,10,12H2,1H3,(H,28,31). The van der Waals surface area contributed by atoms with Gasteiger partial charge in [-0.3, -0.25) is 19.3 Å². The van der Waals surface area contributed by atoms with E-state index in [1.165, 1.54) is 41.3 Å². The molecule has 1 atom stereocenters. The minimum Gasteiger partial charge on any atom is -0.336 e. The molecule has 2 aromatic rings. The number of carbonyl (C=O) groups is 3. The Balaban J connectivity index is 1.97. The van der Waals surface area contributed by atoms with Gasteiger partial charge in [-0.2, -0.15) is 13.2 Å². The van der Waals surface area contributed by atoms with Gasteiger partial charge in [-0.15, -0.1) is 0 Å². The summed E-state index contributed by atoms with van der Waals surface area (Å²) in [6.07, 6.45) is -4.52. The zero-order valence-corrected chi connectivity index (χ0v) is 19.0. The predicted molar refractivity (Wildman–Crippen MR) is 120 cm³/mol. The van der Waals surface area contributed by atoms with Crippen LogP contribution in [0.3, 0.4) is 0 Å². The van der Waals surface area contributed by atoms with Crippen molar-refractivity contribution in [3.05, 3.63) is 58.1 Å². The van der Waals surface area contributed by atoms with Crippen LogP contribution < -0.4 is 15.1 Å². The third-order valence-electron chi connectivity index (χ3n) is 4.87. The monoisotopic (exact) mass is 501 g/mol. The van der Waals surface area contributed by atoms with E-state index in [2.05, 4.69) is 5.32 Å². The molecule has 0 saturated heterocycles. The Morgan fingerprint density at radius 2 is 1.55 bits per heavy atom. The van der Waals surface area contributed by atoms with Crippen molar-refractivity contribution in [2.24, 2.45) is 0 Å². The van der Waals surface area contributed by atoms with Crippen molar-refractivity contribution < 1.29 is 27.6 Å². The lowest BCUT2D eigenvalue weighted by molar-refractivity contribution is -0.139. The van der Waals surface area contributed by atoms with Gasteiger partial charge in [-0.05, 0) is 42.3 Å². The molecular formula is C22H20Cl2F3N3O3. The highest BCUT2D eigenvalue weighted by atomic mass is 35.5. The van der Waals surface area contributed by atoms with E-state index in [-0.39, 0.29) is 34.4 Å². The Hall–Kier alpha value is -2.78. The molecule has 1 heterocycles. The van der Waals surface area contributed by atoms with Gasteiger partial charge in [0, 0.05) is 16.6 Å². The van der Waals surface area contributed by atoms with Crippen LogP contribution in [0, 0.1) is 0 Å². The lowest BCUT2D eigenvalue weighted by Crippen LogP contribution is -2.56. The molecule has 0 fully saturated rings. The fourth-order valence-corrected chi connectivity index (χ4v) is 4.18. The van der Waals surface area contributed by atoms with E-state index in [0.29, 0.717) is 16.9 Å². The number of para-hydroxylation sites is 2. The summed E-state index contributed by atoms with van der Waals surface area (Å²) in [5.74, 6) is -2.72. The van der Waals surface area contributed by atoms with E-state index in [0.717, 1.165) is 0 Å². The van der Waals surface area contributed by atoms with Gasteiger partial charge < -0.3 is 10.2 Å². The van der Waals surface area contributed by atoms with Gasteiger partial charge in [0.2, 0.25) is 5.91 Å². The molecule has 1 unspecified atom stereocenters. The smallest absolute Gasteiger partial charge is 0.336 e. The zero-order valence-electron chi connectivity index (χ0n) is 17.5. The molecule has 1 N–H and O–H groups in total. The number of nitrogens with zero attached hydrogens (tertiary/aromatic N) is 2. The SMILES string of the molecule is CCCN1C(=O)C(NC(=O)Cc2cc(Cl)cc(Cl)c2)C(=O)N(CC(F)(F)F)c2ccccc21. The maximum absolute atomic E-state index is 13.3. The molecule has 1 aliphatic rings. The Morgan fingerprint density at radius 1 is 1.00 bits per heavy atom. The van der Waals surface area contributed by atoms with Gasteiger partial charge in [0.25, 0.3) is 11.8 Å². The third kappa shape index (κ3) is 5.97. The highest BCUT2D eigenvalue weighted by molar-refractivity contribution is 6.34. The van der Waals surface area contributed by atoms with Crippen molar-refractivity contribution in [3.8, 4) is 0 Å². The van der Waals surface area contributed by atoms with Crippen molar-refractivity contribution in [1.82, 2.24) is 5.32 Å². The summed E-state index contributed by atoms with van der Waals surface area (Å²) in [6.45, 7) is 0.332. The van der Waals surface area contributed by atoms with E-state index in [1.807, 2.05) is 0 Å². The molecule has 176 valence electrons. The fourth-order valence-electron chi connectivity index (χ4n) is 3.61. The molecule has 11 heteroatoms. The van der Waals surface area contributed by atoms with E-state index < -0.39 is 36.5 Å². The maximum Gasteiger partial charge on any atom is 0.406 e. The second kappa shape index (κ2) is 10.0. The second-order valence-corrected chi connectivity index (χ2v) is 8.35. The molecule has 0 bridgehead atoms. The van der Waals surface area contributed by atoms with Crippen LogP contribution in [0.5, 0.6) is 0 Å². The van der Waals surface area contributed by atoms with Crippen molar-refractivity contribution in [1.29, 1.82) is 0 Å². The van der Waals surface area contributed by atoms with E-state index >= 15 is 0 Å². The molecule has 33 heavy (non-hydrogen) atoms. The minimum atomic E-state index is -4.72. The molecule has 0 aromatic heterocycles. The quantitative estimate of drug-likeness (QED) is 0.597. The van der Waals surface area contributed by atoms with Crippen molar-refractivity contribution in [3.63, 3.8) is 0 Å². The molecular weight excluding hydrogens is 482 g/mol. The average Bonchev–Trinajstić information content (AvgIpc) is 2.78. The average molecular weight is 502 g/mol. The fraction of sp³-hybridized carbons (Fsp3) is 0.318. The number of amides is 3. The van der Waals surface area contributed by atoms with Crippen LogP contribution in [0.4, 0.5) is 24.5 Å². The summed E-state index contributed by atoms with van der Waals surface area (Å²) >= 11 is 11.9. The summed E-state index contributed by atoms with van der Waals surface area (Å²) in [6, 6.07) is 8.47. The Labute approximate surface area is 198 Å². The molecule has 0 saturated carbocycles. The normalized spacial score (nSPS) is 16.5. The van der Waals surface area contributed by atoms with Gasteiger partial charge >= 0.3 is 6.18 Å². The lowest BCUT2D eigenvalue weighted by Gasteiger charge is -2.26. The van der Waals surface area contributed by atoms with Crippen molar-refractivity contribution >= 4 is 52.3 Å². The number of alkyl halides is 3. The third-order valence-corrected chi connectivity index (χ3v) is 5.30. The summed E-state index contributed by atoms with van der Waals surface area (Å²) < 4.78 is 40.0. The highest BCUT2D eigenvalue weighted by Gasteiger charge is 2.44. The molecule has 0 aliphatic carbocycles. The molecule has 2 aromatic carbocycles. The number of anilines is 2. The number of fused-ring (bicyclic) bond motifs is 1. The highest BCUT2D eigenvalue weighted by Crippen LogP contribution is 2.35. The van der Waals surface area contributed by atoms with Gasteiger partial charge in [0.1, 0.15) is 6.54 Å². The molecule has 0 spiro atoms. The van der Waals surface area contributed by atoms with Crippen LogP contribution in [0.1, 0.15) is 18.9 Å². The van der Waals surface area contributed by atoms with Crippen molar-refractivity contribution in [2.45, 2.75) is 32.0 Å². The summed E-state index contributed by atoms with van der Waals surface area (Å²) in [4.78, 5) is 40.8. The molecule has 3 amide bonds. The van der Waals surface area contributed by atoms with Crippen LogP contribution >= 0.6 is 23.2 Å². The van der Waals surface area contributed by atoms with Gasteiger partial charge in [0.05, 0.1) is 17.8 Å². The largest absolute Gasteiger partial charge is 0.406 e. The van der Waals surface area contributed by atoms with Crippen LogP contribution in [-0.4, -0.2) is 43.0 Å². The molecule has 6 nitrogen and oxygen atoms in total. The van der Waals surface area contributed by atoms with Crippen LogP contribution in [0.15, 0.2) is 42.5 Å². The minimum absolute atomic E-state index is 0.0556. The number of carbonyl (C=O) groups excluding carboxylic acids is 3. The molecule has 1 aliphatic heterocycles. The first-order chi connectivity index (χ1) is 15.5. The van der Waals surface area contributed by atoms with E-state index in [9.17, 15) is 27.6 Å². The van der Waals surface area contributed by atoms with Crippen LogP contribution in [-0.2, 0) is 20.8 Å².